The van der Waals surface area contributed by atoms with E-state index in [-0.39, 0.29) is 46.0 Å². The van der Waals surface area contributed by atoms with Gasteiger partial charge in [0.15, 0.2) is 46.0 Å². The first kappa shape index (κ1) is 28.3. The summed E-state index contributed by atoms with van der Waals surface area (Å²) in [6, 6.07) is 20.6. The fourth-order valence-corrected chi connectivity index (χ4v) is 5.44. The predicted molar refractivity (Wildman–Crippen MR) is 152 cm³/mol. The Morgan fingerprint density at radius 1 is 0.400 bits per heavy atom. The molecule has 4 rings (SSSR count). The molecule has 4 aromatic rings. The number of phenols is 4. The molecule has 4 N–H and O–H groups in total. The van der Waals surface area contributed by atoms with Gasteiger partial charge in [-0.2, -0.15) is 0 Å². The van der Waals surface area contributed by atoms with Gasteiger partial charge < -0.3 is 39.4 Å². The van der Waals surface area contributed by atoms with Gasteiger partial charge in [-0.05, 0) is 70.8 Å². The molecule has 0 heterocycles. The molecule has 8 heteroatoms. The minimum absolute atomic E-state index is 0.0174. The molecule has 0 aliphatic rings. The Bertz CT molecular complexity index is 1310. The molecule has 8 nitrogen and oxygen atoms in total. The largest absolute Gasteiger partial charge is 0.504 e. The van der Waals surface area contributed by atoms with Gasteiger partial charge in [0.25, 0.3) is 0 Å². The van der Waals surface area contributed by atoms with Crippen molar-refractivity contribution in [2.45, 2.75) is 24.7 Å². The molecule has 0 fully saturated rings. The number of hydrogen-bond acceptors (Lipinski definition) is 8. The third kappa shape index (κ3) is 4.45. The first-order valence-electron chi connectivity index (χ1n) is 12.5. The highest BCUT2D eigenvalue weighted by atomic mass is 16.5. The summed E-state index contributed by atoms with van der Waals surface area (Å²) in [5.74, 6) is 1.05. The molecule has 210 valence electrons. The second-order valence-electron chi connectivity index (χ2n) is 9.80. The molecule has 4 aromatic carbocycles. The van der Waals surface area contributed by atoms with E-state index in [9.17, 15) is 20.4 Å². The van der Waals surface area contributed by atoms with E-state index in [2.05, 4.69) is 0 Å². The zero-order valence-electron chi connectivity index (χ0n) is 23.4. The fraction of sp³-hybridized carbons (Fsp3) is 0.250. The average molecular weight is 547 g/mol. The van der Waals surface area contributed by atoms with Gasteiger partial charge in [0, 0.05) is 10.8 Å². The normalized spacial score (nSPS) is 11.7. The number of ether oxygens (including phenoxy) is 4. The van der Waals surface area contributed by atoms with Crippen LogP contribution in [0.5, 0.6) is 46.0 Å². The maximum Gasteiger partial charge on any atom is 0.160 e. The maximum absolute atomic E-state index is 10.5. The Labute approximate surface area is 233 Å². The quantitative estimate of drug-likeness (QED) is 0.206. The molecule has 0 saturated heterocycles. The van der Waals surface area contributed by atoms with Crippen LogP contribution in [-0.4, -0.2) is 48.9 Å². The molecule has 0 bridgehead atoms. The molecule has 0 aliphatic carbocycles. The molecular weight excluding hydrogens is 512 g/mol. The van der Waals surface area contributed by atoms with Crippen LogP contribution in [0.4, 0.5) is 0 Å². The Morgan fingerprint density at radius 2 is 0.600 bits per heavy atom. The third-order valence-corrected chi connectivity index (χ3v) is 8.03. The zero-order chi connectivity index (χ0) is 29.2. The highest BCUT2D eigenvalue weighted by Gasteiger charge is 2.50. The van der Waals surface area contributed by atoms with Crippen molar-refractivity contribution in [3.8, 4) is 46.0 Å². The van der Waals surface area contributed by atoms with Crippen molar-refractivity contribution in [1.29, 1.82) is 0 Å². The number of methoxy groups -OCH3 is 4. The lowest BCUT2D eigenvalue weighted by Crippen LogP contribution is -2.47. The molecule has 0 radical (unpaired) electrons. The van der Waals surface area contributed by atoms with Crippen LogP contribution in [0.1, 0.15) is 36.1 Å². The molecular formula is C32H34O8. The Hall–Kier alpha value is -4.72. The molecule has 0 spiro atoms. The van der Waals surface area contributed by atoms with Crippen LogP contribution in [0.25, 0.3) is 0 Å². The summed E-state index contributed by atoms with van der Waals surface area (Å²) in [6.45, 7) is 4.06. The maximum atomic E-state index is 10.5. The van der Waals surface area contributed by atoms with Gasteiger partial charge in [0.1, 0.15) is 0 Å². The van der Waals surface area contributed by atoms with E-state index in [1.807, 2.05) is 38.1 Å². The summed E-state index contributed by atoms with van der Waals surface area (Å²) in [5, 5.41) is 41.8. The van der Waals surface area contributed by atoms with Crippen molar-refractivity contribution in [2.24, 2.45) is 0 Å². The Kier molecular flexibility index (Phi) is 7.64. The van der Waals surface area contributed by atoms with Gasteiger partial charge in [-0.25, -0.2) is 0 Å². The monoisotopic (exact) mass is 546 g/mol. The average Bonchev–Trinajstić information content (AvgIpc) is 2.97. The van der Waals surface area contributed by atoms with Gasteiger partial charge in [-0.15, -0.1) is 0 Å². The topological polar surface area (TPSA) is 118 Å². The molecule has 0 saturated carbocycles. The van der Waals surface area contributed by atoms with Crippen molar-refractivity contribution >= 4 is 0 Å². The van der Waals surface area contributed by atoms with Crippen LogP contribution < -0.4 is 18.9 Å². The van der Waals surface area contributed by atoms with Crippen LogP contribution in [-0.2, 0) is 10.8 Å². The lowest BCUT2D eigenvalue weighted by molar-refractivity contribution is 0.335. The van der Waals surface area contributed by atoms with E-state index in [0.29, 0.717) is 0 Å². The molecule has 0 unspecified atom stereocenters. The van der Waals surface area contributed by atoms with Crippen molar-refractivity contribution in [3.63, 3.8) is 0 Å². The zero-order valence-corrected chi connectivity index (χ0v) is 23.4. The molecule has 40 heavy (non-hydrogen) atoms. The number of rotatable bonds is 9. The van der Waals surface area contributed by atoms with Gasteiger partial charge in [-0.1, -0.05) is 38.1 Å². The number of benzene rings is 4. The van der Waals surface area contributed by atoms with Crippen molar-refractivity contribution in [1.82, 2.24) is 0 Å². The van der Waals surface area contributed by atoms with Crippen molar-refractivity contribution in [2.75, 3.05) is 28.4 Å². The van der Waals surface area contributed by atoms with Crippen molar-refractivity contribution in [3.05, 3.63) is 95.1 Å². The van der Waals surface area contributed by atoms with Gasteiger partial charge >= 0.3 is 0 Å². The molecule has 0 atom stereocenters. The van der Waals surface area contributed by atoms with E-state index in [4.69, 9.17) is 18.9 Å². The minimum atomic E-state index is -0.973. The second kappa shape index (κ2) is 10.8. The smallest absolute Gasteiger partial charge is 0.160 e. The summed E-state index contributed by atoms with van der Waals surface area (Å²) in [4.78, 5) is 0. The van der Waals surface area contributed by atoms with E-state index in [1.165, 1.54) is 28.4 Å². The first-order valence-corrected chi connectivity index (χ1v) is 12.5. The highest BCUT2D eigenvalue weighted by Crippen LogP contribution is 2.56. The van der Waals surface area contributed by atoms with Gasteiger partial charge in [-0.3, -0.25) is 0 Å². The van der Waals surface area contributed by atoms with Crippen LogP contribution in [0, 0.1) is 0 Å². The predicted octanol–water partition coefficient (Wildman–Crippen LogP) is 5.86. The molecule has 0 aliphatic heterocycles. The van der Waals surface area contributed by atoms with E-state index >= 15 is 0 Å². The summed E-state index contributed by atoms with van der Waals surface area (Å²) in [5.41, 5.74) is 1.10. The number of aromatic hydroxyl groups is 4. The summed E-state index contributed by atoms with van der Waals surface area (Å²) < 4.78 is 22.0. The standard InChI is InChI=1S/C32H34O8/c1-31(19-7-11-23(33)27(15-19)37-3,20-8-12-24(34)28(16-20)38-4)32(2,21-9-13-25(35)29(17-21)39-5)22-10-14-26(36)30(18-22)40-6/h7-18,33-36H,1-6H3. The number of hydrogen-bond donors (Lipinski definition) is 4. The van der Waals surface area contributed by atoms with Gasteiger partial charge in [0.05, 0.1) is 28.4 Å². The lowest BCUT2D eigenvalue weighted by atomic mass is 9.53. The second-order valence-corrected chi connectivity index (χ2v) is 9.80. The Balaban J connectivity index is 2.20. The summed E-state index contributed by atoms with van der Waals surface area (Å²) in [6.07, 6.45) is 0. The highest BCUT2D eigenvalue weighted by molar-refractivity contribution is 5.61. The number of phenolic OH excluding ortho intramolecular Hbond substituents is 4. The third-order valence-electron chi connectivity index (χ3n) is 8.03. The van der Waals surface area contributed by atoms with E-state index in [1.54, 1.807) is 48.5 Å². The van der Waals surface area contributed by atoms with Crippen LogP contribution >= 0.6 is 0 Å². The van der Waals surface area contributed by atoms with Gasteiger partial charge in [0.2, 0.25) is 0 Å². The van der Waals surface area contributed by atoms with Crippen LogP contribution in [0.3, 0.4) is 0 Å². The van der Waals surface area contributed by atoms with E-state index < -0.39 is 10.8 Å². The Morgan fingerprint density at radius 3 is 0.775 bits per heavy atom. The summed E-state index contributed by atoms with van der Waals surface area (Å²) >= 11 is 0. The SMILES string of the molecule is COc1cc(C(C)(c2ccc(O)c(OC)c2)C(C)(c2ccc(O)c(OC)c2)c2ccc(O)c(OC)c2)ccc1O. The van der Waals surface area contributed by atoms with Crippen LogP contribution in [0.15, 0.2) is 72.8 Å². The fourth-order valence-electron chi connectivity index (χ4n) is 5.44. The molecule has 0 amide bonds. The van der Waals surface area contributed by atoms with Crippen molar-refractivity contribution < 1.29 is 39.4 Å². The molecule has 0 aromatic heterocycles. The lowest BCUT2D eigenvalue weighted by Gasteiger charge is -2.49. The minimum Gasteiger partial charge on any atom is -0.504 e. The summed E-state index contributed by atoms with van der Waals surface area (Å²) in [7, 11) is 5.92. The van der Waals surface area contributed by atoms with Crippen LogP contribution in [0.2, 0.25) is 0 Å². The van der Waals surface area contributed by atoms with E-state index in [0.717, 1.165) is 22.3 Å². The first-order chi connectivity index (χ1) is 19.0.